The zero-order valence-corrected chi connectivity index (χ0v) is 20.4. The lowest BCUT2D eigenvalue weighted by molar-refractivity contribution is -0.117. The third-order valence-corrected chi connectivity index (χ3v) is 6.23. The van der Waals surface area contributed by atoms with E-state index in [4.69, 9.17) is 16.3 Å². The average molecular weight is 493 g/mol. The molecule has 35 heavy (non-hydrogen) atoms. The second-order valence-electron chi connectivity index (χ2n) is 8.09. The number of nitrogens with one attached hydrogen (secondary N) is 1. The van der Waals surface area contributed by atoms with Crippen LogP contribution in [0.3, 0.4) is 0 Å². The van der Waals surface area contributed by atoms with Crippen LogP contribution in [0.25, 0.3) is 10.8 Å². The van der Waals surface area contributed by atoms with Gasteiger partial charge < -0.3 is 14.6 Å². The molecule has 0 aliphatic rings. The van der Waals surface area contributed by atoms with Crippen molar-refractivity contribution in [3.63, 3.8) is 0 Å². The molecule has 8 nitrogen and oxygen atoms in total. The SMILES string of the molecule is CCOC(=O)c1ccc(NC(=O)Cn2ncc3c(C)n(Cc4ccccc4Cl)c(C)c3c2=O)cc1. The molecule has 0 fully saturated rings. The third-order valence-electron chi connectivity index (χ3n) is 5.86. The van der Waals surface area contributed by atoms with E-state index in [2.05, 4.69) is 10.4 Å². The van der Waals surface area contributed by atoms with Crippen LogP contribution < -0.4 is 10.9 Å². The van der Waals surface area contributed by atoms with Gasteiger partial charge in [-0.15, -0.1) is 0 Å². The highest BCUT2D eigenvalue weighted by atomic mass is 35.5. The van der Waals surface area contributed by atoms with Gasteiger partial charge >= 0.3 is 5.97 Å². The number of hydrogen-bond acceptors (Lipinski definition) is 5. The fourth-order valence-electron chi connectivity index (χ4n) is 4.03. The van der Waals surface area contributed by atoms with E-state index in [-0.39, 0.29) is 18.7 Å². The zero-order chi connectivity index (χ0) is 25.1. The molecule has 0 saturated carbocycles. The standard InChI is InChI=1S/C26H25ClN4O4/c1-4-35-26(34)18-9-11-20(12-10-18)29-23(32)15-31-25(33)24-17(3)30(16(2)21(24)13-28-31)14-19-7-5-6-8-22(19)27/h5-13H,4,14-15H2,1-3H3,(H,29,32). The molecule has 1 amide bonds. The lowest BCUT2D eigenvalue weighted by Crippen LogP contribution is -2.29. The first-order valence-electron chi connectivity index (χ1n) is 11.2. The van der Waals surface area contributed by atoms with Crippen LogP contribution in [-0.4, -0.2) is 32.8 Å². The number of carbonyl (C=O) groups is 2. The number of halogens is 1. The van der Waals surface area contributed by atoms with Gasteiger partial charge in [0.1, 0.15) is 6.54 Å². The summed E-state index contributed by atoms with van der Waals surface area (Å²) in [6, 6.07) is 13.9. The molecule has 4 aromatic rings. The van der Waals surface area contributed by atoms with Crippen molar-refractivity contribution in [2.75, 3.05) is 11.9 Å². The molecule has 0 atom stereocenters. The Morgan fingerprint density at radius 2 is 1.77 bits per heavy atom. The van der Waals surface area contributed by atoms with Gasteiger partial charge in [-0.05, 0) is 56.7 Å². The predicted molar refractivity (Wildman–Crippen MR) is 135 cm³/mol. The molecule has 1 N–H and O–H groups in total. The van der Waals surface area contributed by atoms with E-state index in [0.29, 0.717) is 28.2 Å². The Balaban J connectivity index is 1.55. The molecule has 9 heteroatoms. The summed E-state index contributed by atoms with van der Waals surface area (Å²) in [4.78, 5) is 37.6. The van der Waals surface area contributed by atoms with Crippen molar-refractivity contribution in [1.82, 2.24) is 14.3 Å². The van der Waals surface area contributed by atoms with E-state index >= 15 is 0 Å². The van der Waals surface area contributed by atoms with E-state index < -0.39 is 11.9 Å². The van der Waals surface area contributed by atoms with Crippen LogP contribution in [0.4, 0.5) is 5.69 Å². The minimum atomic E-state index is -0.429. The number of benzene rings is 2. The Morgan fingerprint density at radius 3 is 2.46 bits per heavy atom. The topological polar surface area (TPSA) is 95.2 Å². The van der Waals surface area contributed by atoms with Gasteiger partial charge in [-0.1, -0.05) is 29.8 Å². The van der Waals surface area contributed by atoms with Crippen molar-refractivity contribution >= 4 is 39.9 Å². The number of ether oxygens (including phenoxy) is 1. The summed E-state index contributed by atoms with van der Waals surface area (Å²) in [6.07, 6.45) is 1.61. The zero-order valence-electron chi connectivity index (χ0n) is 19.7. The molecule has 2 aromatic carbocycles. The fraction of sp³-hybridized carbons (Fsp3) is 0.231. The van der Waals surface area contributed by atoms with Crippen molar-refractivity contribution in [1.29, 1.82) is 0 Å². The van der Waals surface area contributed by atoms with Gasteiger partial charge in [-0.2, -0.15) is 5.10 Å². The van der Waals surface area contributed by atoms with Crippen LogP contribution in [0.15, 0.2) is 59.5 Å². The third kappa shape index (κ3) is 4.97. The normalized spacial score (nSPS) is 11.0. The highest BCUT2D eigenvalue weighted by molar-refractivity contribution is 6.31. The second kappa shape index (κ2) is 10.1. The summed E-state index contributed by atoms with van der Waals surface area (Å²) in [6.45, 7) is 6.10. The fourth-order valence-corrected chi connectivity index (χ4v) is 4.23. The molecule has 2 aromatic heterocycles. The van der Waals surface area contributed by atoms with Gasteiger partial charge in [0.05, 0.1) is 23.8 Å². The molecule has 0 radical (unpaired) electrons. The summed E-state index contributed by atoms with van der Waals surface area (Å²) in [5, 5.41) is 8.88. The van der Waals surface area contributed by atoms with Crippen molar-refractivity contribution in [2.24, 2.45) is 0 Å². The molecule has 0 spiro atoms. The van der Waals surface area contributed by atoms with Crippen LogP contribution in [-0.2, 0) is 22.6 Å². The lowest BCUT2D eigenvalue weighted by Gasteiger charge is -2.10. The molecule has 2 heterocycles. The molecule has 0 saturated heterocycles. The summed E-state index contributed by atoms with van der Waals surface area (Å²) in [7, 11) is 0. The Morgan fingerprint density at radius 1 is 1.06 bits per heavy atom. The Kier molecular flexibility index (Phi) is 7.02. The Hall–Kier alpha value is -3.91. The minimum absolute atomic E-state index is 0.247. The summed E-state index contributed by atoms with van der Waals surface area (Å²) in [5.74, 6) is -0.839. The van der Waals surface area contributed by atoms with Crippen LogP contribution in [0, 0.1) is 13.8 Å². The van der Waals surface area contributed by atoms with E-state index in [1.165, 1.54) is 0 Å². The lowest BCUT2D eigenvalue weighted by atomic mass is 10.2. The first-order valence-corrected chi connectivity index (χ1v) is 11.5. The monoisotopic (exact) mass is 492 g/mol. The predicted octanol–water partition coefficient (Wildman–Crippen LogP) is 4.33. The maximum absolute atomic E-state index is 13.2. The number of anilines is 1. The molecule has 0 aliphatic carbocycles. The van der Waals surface area contributed by atoms with E-state index in [1.807, 2.05) is 42.7 Å². The first kappa shape index (κ1) is 24.2. The first-order chi connectivity index (χ1) is 16.8. The highest BCUT2D eigenvalue weighted by Gasteiger charge is 2.18. The van der Waals surface area contributed by atoms with Crippen LogP contribution in [0.2, 0.25) is 5.02 Å². The Labute approximate surface area is 207 Å². The van der Waals surface area contributed by atoms with Gasteiger partial charge in [-0.25, -0.2) is 9.48 Å². The molecule has 4 rings (SSSR count). The van der Waals surface area contributed by atoms with Crippen molar-refractivity contribution in [3.05, 3.63) is 92.6 Å². The molecule has 0 unspecified atom stereocenters. The number of rotatable bonds is 7. The van der Waals surface area contributed by atoms with Gasteiger partial charge in [0.15, 0.2) is 0 Å². The average Bonchev–Trinajstić information content (AvgIpc) is 3.08. The molecular formula is C26H25ClN4O4. The van der Waals surface area contributed by atoms with E-state index in [9.17, 15) is 14.4 Å². The van der Waals surface area contributed by atoms with Gasteiger partial charge in [0.25, 0.3) is 5.56 Å². The van der Waals surface area contributed by atoms with Gasteiger partial charge in [0.2, 0.25) is 5.91 Å². The highest BCUT2D eigenvalue weighted by Crippen LogP contribution is 2.25. The van der Waals surface area contributed by atoms with Gasteiger partial charge in [-0.3, -0.25) is 9.59 Å². The summed E-state index contributed by atoms with van der Waals surface area (Å²) in [5.41, 5.74) is 3.18. The molecular weight excluding hydrogens is 468 g/mol. The molecule has 180 valence electrons. The van der Waals surface area contributed by atoms with Crippen molar-refractivity contribution < 1.29 is 14.3 Å². The smallest absolute Gasteiger partial charge is 0.338 e. The summed E-state index contributed by atoms with van der Waals surface area (Å²) < 4.78 is 8.14. The van der Waals surface area contributed by atoms with Gasteiger partial charge in [0, 0.05) is 34.0 Å². The van der Waals surface area contributed by atoms with E-state index in [1.54, 1.807) is 37.4 Å². The van der Waals surface area contributed by atoms with Crippen molar-refractivity contribution in [2.45, 2.75) is 33.9 Å². The molecule has 0 aliphatic heterocycles. The number of carbonyl (C=O) groups excluding carboxylic acids is 2. The number of aromatic nitrogens is 3. The second-order valence-corrected chi connectivity index (χ2v) is 8.50. The molecule has 0 bridgehead atoms. The largest absolute Gasteiger partial charge is 0.462 e. The number of esters is 1. The minimum Gasteiger partial charge on any atom is -0.462 e. The van der Waals surface area contributed by atoms with Crippen LogP contribution >= 0.6 is 11.6 Å². The number of hydrogen-bond donors (Lipinski definition) is 1. The maximum atomic E-state index is 13.2. The summed E-state index contributed by atoms with van der Waals surface area (Å²) >= 11 is 6.34. The van der Waals surface area contributed by atoms with E-state index in [0.717, 1.165) is 27.0 Å². The number of fused-ring (bicyclic) bond motifs is 1. The number of nitrogens with zero attached hydrogens (tertiary/aromatic N) is 3. The number of amides is 1. The van der Waals surface area contributed by atoms with Crippen LogP contribution in [0.1, 0.15) is 34.2 Å². The van der Waals surface area contributed by atoms with Crippen LogP contribution in [0.5, 0.6) is 0 Å². The van der Waals surface area contributed by atoms with Crippen molar-refractivity contribution in [3.8, 4) is 0 Å². The maximum Gasteiger partial charge on any atom is 0.338 e. The number of aryl methyl sites for hydroxylation is 2. The Bertz CT molecular complexity index is 1470. The quantitative estimate of drug-likeness (QED) is 0.387.